The number of amides is 2. The average Bonchev–Trinajstić information content (AvgIpc) is 3.30. The van der Waals surface area contributed by atoms with E-state index in [-0.39, 0.29) is 30.0 Å². The van der Waals surface area contributed by atoms with E-state index < -0.39 is 28.3 Å². The zero-order valence-electron chi connectivity index (χ0n) is 17.5. The summed E-state index contributed by atoms with van der Waals surface area (Å²) in [6, 6.07) is 13.6. The molecule has 2 amide bonds. The summed E-state index contributed by atoms with van der Waals surface area (Å²) in [7, 11) is -4.00. The van der Waals surface area contributed by atoms with E-state index in [1.165, 1.54) is 4.90 Å². The van der Waals surface area contributed by atoms with Crippen molar-refractivity contribution < 1.29 is 27.1 Å². The standard InChI is InChI=1S/C22H26FN3O5S/c23-18-8-10-20(11-9-18)32(29,30)25-14-22(28)26(15-19-7-4-12-31-19)16-21(27)24-13-17-5-2-1-3-6-17/h1-3,5-6,8-11,19,25H,4,7,12-16H2,(H,24,27)/t19-/m0/s1. The van der Waals surface area contributed by atoms with Crippen molar-refractivity contribution in [1.29, 1.82) is 0 Å². The normalized spacial score (nSPS) is 16.0. The van der Waals surface area contributed by atoms with E-state index in [0.29, 0.717) is 13.2 Å². The highest BCUT2D eigenvalue weighted by molar-refractivity contribution is 7.89. The van der Waals surface area contributed by atoms with Gasteiger partial charge in [-0.25, -0.2) is 17.5 Å². The Hall–Kier alpha value is -2.82. The number of hydrogen-bond donors (Lipinski definition) is 2. The van der Waals surface area contributed by atoms with E-state index in [1.54, 1.807) is 0 Å². The molecule has 0 spiro atoms. The Labute approximate surface area is 186 Å². The second-order valence-corrected chi connectivity index (χ2v) is 9.22. The first-order valence-corrected chi connectivity index (χ1v) is 11.8. The van der Waals surface area contributed by atoms with Crippen molar-refractivity contribution in [1.82, 2.24) is 14.9 Å². The van der Waals surface area contributed by atoms with Gasteiger partial charge in [0.2, 0.25) is 21.8 Å². The van der Waals surface area contributed by atoms with E-state index in [9.17, 15) is 22.4 Å². The van der Waals surface area contributed by atoms with Crippen molar-refractivity contribution in [3.05, 3.63) is 66.0 Å². The van der Waals surface area contributed by atoms with Crippen molar-refractivity contribution >= 4 is 21.8 Å². The van der Waals surface area contributed by atoms with Crippen LogP contribution in [0.25, 0.3) is 0 Å². The van der Waals surface area contributed by atoms with Crippen LogP contribution in [0, 0.1) is 5.82 Å². The SMILES string of the molecule is O=C(CN(C[C@@H]1CCCO1)C(=O)CNS(=O)(=O)c1ccc(F)cc1)NCc1ccccc1. The number of nitrogens with one attached hydrogen (secondary N) is 2. The first-order valence-electron chi connectivity index (χ1n) is 10.3. The van der Waals surface area contributed by atoms with Gasteiger partial charge in [-0.1, -0.05) is 30.3 Å². The molecule has 0 aromatic heterocycles. The van der Waals surface area contributed by atoms with Crippen LogP contribution in [0.4, 0.5) is 4.39 Å². The van der Waals surface area contributed by atoms with Gasteiger partial charge in [-0.3, -0.25) is 9.59 Å². The lowest BCUT2D eigenvalue weighted by atomic mass is 10.2. The van der Waals surface area contributed by atoms with Gasteiger partial charge in [-0.05, 0) is 42.7 Å². The van der Waals surface area contributed by atoms with Crippen LogP contribution in [0.5, 0.6) is 0 Å². The molecule has 2 aromatic carbocycles. The highest BCUT2D eigenvalue weighted by atomic mass is 32.2. The maximum Gasteiger partial charge on any atom is 0.241 e. The Bertz CT molecular complexity index is 1010. The van der Waals surface area contributed by atoms with E-state index >= 15 is 0 Å². The molecular formula is C22H26FN3O5S. The maximum absolute atomic E-state index is 13.1. The van der Waals surface area contributed by atoms with Gasteiger partial charge in [0.25, 0.3) is 0 Å². The molecule has 0 radical (unpaired) electrons. The lowest BCUT2D eigenvalue weighted by Crippen LogP contribution is -2.47. The smallest absolute Gasteiger partial charge is 0.241 e. The second kappa shape index (κ2) is 11.2. The summed E-state index contributed by atoms with van der Waals surface area (Å²) in [5.41, 5.74) is 0.921. The van der Waals surface area contributed by atoms with Gasteiger partial charge in [0.1, 0.15) is 5.82 Å². The quantitative estimate of drug-likeness (QED) is 0.555. The molecule has 1 saturated heterocycles. The Morgan fingerprint density at radius 2 is 1.81 bits per heavy atom. The van der Waals surface area contributed by atoms with Crippen LogP contribution < -0.4 is 10.0 Å². The fourth-order valence-corrected chi connectivity index (χ4v) is 4.25. The van der Waals surface area contributed by atoms with E-state index in [2.05, 4.69) is 10.0 Å². The highest BCUT2D eigenvalue weighted by Gasteiger charge is 2.25. The molecule has 0 saturated carbocycles. The fourth-order valence-electron chi connectivity index (χ4n) is 3.28. The molecule has 0 bridgehead atoms. The number of halogens is 1. The third-order valence-electron chi connectivity index (χ3n) is 5.01. The number of rotatable bonds is 10. The molecule has 10 heteroatoms. The minimum absolute atomic E-state index is 0.155. The van der Waals surface area contributed by atoms with Crippen LogP contribution in [0.1, 0.15) is 18.4 Å². The van der Waals surface area contributed by atoms with E-state index in [0.717, 1.165) is 42.7 Å². The molecule has 3 rings (SSSR count). The lowest BCUT2D eigenvalue weighted by Gasteiger charge is -2.25. The zero-order chi connectivity index (χ0) is 23.0. The molecule has 1 aliphatic heterocycles. The van der Waals surface area contributed by atoms with Crippen LogP contribution >= 0.6 is 0 Å². The van der Waals surface area contributed by atoms with Crippen LogP contribution in [-0.4, -0.2) is 57.5 Å². The van der Waals surface area contributed by atoms with Gasteiger partial charge in [0.05, 0.1) is 24.1 Å². The molecule has 0 aliphatic carbocycles. The lowest BCUT2D eigenvalue weighted by molar-refractivity contribution is -0.136. The number of carbonyl (C=O) groups excluding carboxylic acids is 2. The topological polar surface area (TPSA) is 105 Å². The summed E-state index contributed by atoms with van der Waals surface area (Å²) in [6.45, 7) is 0.348. The minimum Gasteiger partial charge on any atom is -0.376 e. The molecule has 172 valence electrons. The van der Waals surface area contributed by atoms with Crippen molar-refractivity contribution in [3.8, 4) is 0 Å². The molecule has 2 aromatic rings. The number of ether oxygens (including phenoxy) is 1. The number of benzene rings is 2. The fraction of sp³-hybridized carbons (Fsp3) is 0.364. The molecule has 1 atom stereocenters. The molecule has 8 nitrogen and oxygen atoms in total. The summed E-state index contributed by atoms with van der Waals surface area (Å²) < 4.78 is 45.6. The number of hydrogen-bond acceptors (Lipinski definition) is 5. The van der Waals surface area contributed by atoms with E-state index in [4.69, 9.17) is 4.74 Å². The largest absolute Gasteiger partial charge is 0.376 e. The summed E-state index contributed by atoms with van der Waals surface area (Å²) in [4.78, 5) is 26.4. The summed E-state index contributed by atoms with van der Waals surface area (Å²) in [6.07, 6.45) is 1.43. The predicted octanol–water partition coefficient (Wildman–Crippen LogP) is 1.43. The average molecular weight is 464 g/mol. The number of sulfonamides is 1. The molecular weight excluding hydrogens is 437 g/mol. The highest BCUT2D eigenvalue weighted by Crippen LogP contribution is 2.14. The summed E-state index contributed by atoms with van der Waals surface area (Å²) in [5, 5.41) is 2.76. The maximum atomic E-state index is 13.1. The molecule has 1 heterocycles. The Morgan fingerprint density at radius 3 is 2.47 bits per heavy atom. The van der Waals surface area contributed by atoms with Gasteiger partial charge >= 0.3 is 0 Å². The van der Waals surface area contributed by atoms with Crippen molar-refractivity contribution in [2.45, 2.75) is 30.4 Å². The zero-order valence-corrected chi connectivity index (χ0v) is 18.3. The third kappa shape index (κ3) is 7.11. The number of carbonyl (C=O) groups is 2. The molecule has 2 N–H and O–H groups in total. The Balaban J connectivity index is 1.59. The first kappa shape index (κ1) is 23.8. The summed E-state index contributed by atoms with van der Waals surface area (Å²) >= 11 is 0. The van der Waals surface area contributed by atoms with Crippen LogP contribution in [0.15, 0.2) is 59.5 Å². The van der Waals surface area contributed by atoms with Crippen LogP contribution in [0.3, 0.4) is 0 Å². The van der Waals surface area contributed by atoms with Crippen molar-refractivity contribution in [3.63, 3.8) is 0 Å². The predicted molar refractivity (Wildman–Crippen MR) is 115 cm³/mol. The first-order chi connectivity index (χ1) is 15.3. The van der Waals surface area contributed by atoms with E-state index in [1.807, 2.05) is 30.3 Å². The Kier molecular flexibility index (Phi) is 8.32. The van der Waals surface area contributed by atoms with Gasteiger partial charge in [-0.2, -0.15) is 0 Å². The minimum atomic E-state index is -4.00. The van der Waals surface area contributed by atoms with Crippen LogP contribution in [0.2, 0.25) is 0 Å². The number of nitrogens with zero attached hydrogens (tertiary/aromatic N) is 1. The molecule has 1 aliphatic rings. The van der Waals surface area contributed by atoms with Gasteiger partial charge in [0, 0.05) is 19.7 Å². The van der Waals surface area contributed by atoms with Gasteiger partial charge in [-0.15, -0.1) is 0 Å². The summed E-state index contributed by atoms with van der Waals surface area (Å²) in [5.74, 6) is -1.48. The van der Waals surface area contributed by atoms with Crippen molar-refractivity contribution in [2.75, 3.05) is 26.2 Å². The molecule has 0 unspecified atom stereocenters. The second-order valence-electron chi connectivity index (χ2n) is 7.45. The van der Waals surface area contributed by atoms with Gasteiger partial charge in [0.15, 0.2) is 0 Å². The van der Waals surface area contributed by atoms with Crippen LogP contribution in [-0.2, 0) is 30.9 Å². The van der Waals surface area contributed by atoms with Crippen molar-refractivity contribution in [2.24, 2.45) is 0 Å². The molecule has 32 heavy (non-hydrogen) atoms. The monoisotopic (exact) mass is 463 g/mol. The third-order valence-corrected chi connectivity index (χ3v) is 6.42. The Morgan fingerprint density at radius 1 is 1.09 bits per heavy atom. The van der Waals surface area contributed by atoms with Gasteiger partial charge < -0.3 is 15.0 Å². The molecule has 1 fully saturated rings.